The maximum atomic E-state index is 12.2. The summed E-state index contributed by atoms with van der Waals surface area (Å²) in [5, 5.41) is 0. The van der Waals surface area contributed by atoms with Gasteiger partial charge in [0.25, 0.3) is 0 Å². The maximum absolute atomic E-state index is 12.2. The predicted molar refractivity (Wildman–Crippen MR) is 67.5 cm³/mol. The van der Waals surface area contributed by atoms with Crippen molar-refractivity contribution >= 4 is 11.0 Å². The molecule has 1 unspecified atom stereocenters. The lowest BCUT2D eigenvalue weighted by Crippen LogP contribution is -2.12. The number of aromatic nitrogens is 2. The van der Waals surface area contributed by atoms with Crippen LogP contribution < -0.4 is 4.74 Å². The van der Waals surface area contributed by atoms with Crippen LogP contribution in [0.2, 0.25) is 0 Å². The fraction of sp³-hybridized carbons (Fsp3) is 0.462. The summed E-state index contributed by atoms with van der Waals surface area (Å²) in [6, 6.07) is 4.75. The van der Waals surface area contributed by atoms with E-state index in [0.29, 0.717) is 11.9 Å². The Hall–Kier alpha value is -1.69. The van der Waals surface area contributed by atoms with Crippen LogP contribution >= 0.6 is 0 Å². The summed E-state index contributed by atoms with van der Waals surface area (Å²) >= 11 is 0. The first-order valence-corrected chi connectivity index (χ1v) is 5.94. The summed E-state index contributed by atoms with van der Waals surface area (Å²) in [6.45, 7) is -0.876. The zero-order valence-corrected chi connectivity index (χ0v) is 11.1. The topological polar surface area (TPSA) is 36.3 Å². The smallest absolute Gasteiger partial charge is 0.387 e. The fourth-order valence-corrected chi connectivity index (χ4v) is 1.93. The van der Waals surface area contributed by atoms with Crippen LogP contribution in [0.3, 0.4) is 0 Å². The average molecular weight is 270 g/mol. The maximum Gasteiger partial charge on any atom is 0.387 e. The van der Waals surface area contributed by atoms with Gasteiger partial charge in [-0.25, -0.2) is 4.98 Å². The average Bonchev–Trinajstić information content (AvgIpc) is 2.65. The van der Waals surface area contributed by atoms with Gasteiger partial charge in [-0.15, -0.1) is 0 Å². The second kappa shape index (κ2) is 5.52. The number of hydrogen-bond acceptors (Lipinski definition) is 3. The molecule has 0 saturated carbocycles. The molecular formula is C13H16F2N2O2. The number of fused-ring (bicyclic) bond motifs is 1. The van der Waals surface area contributed by atoms with Crippen LogP contribution in [0, 0.1) is 0 Å². The van der Waals surface area contributed by atoms with E-state index in [1.54, 1.807) is 13.2 Å². The molecule has 0 radical (unpaired) electrons. The molecule has 0 amide bonds. The van der Waals surface area contributed by atoms with E-state index < -0.39 is 6.61 Å². The molecule has 0 fully saturated rings. The van der Waals surface area contributed by atoms with Gasteiger partial charge < -0.3 is 14.0 Å². The van der Waals surface area contributed by atoms with Crippen molar-refractivity contribution < 1.29 is 18.3 Å². The van der Waals surface area contributed by atoms with E-state index in [9.17, 15) is 8.78 Å². The largest absolute Gasteiger partial charge is 0.435 e. The van der Waals surface area contributed by atoms with E-state index >= 15 is 0 Å². The highest BCUT2D eigenvalue weighted by Gasteiger charge is 2.12. The Balaban J connectivity index is 2.33. The lowest BCUT2D eigenvalue weighted by atomic mass is 10.3. The molecular weight excluding hydrogens is 254 g/mol. The summed E-state index contributed by atoms with van der Waals surface area (Å²) in [7, 11) is 3.53. The zero-order chi connectivity index (χ0) is 14.0. The normalized spacial score (nSPS) is 13.2. The van der Waals surface area contributed by atoms with Gasteiger partial charge >= 0.3 is 6.61 Å². The lowest BCUT2D eigenvalue weighted by Gasteiger charge is -2.08. The third-order valence-corrected chi connectivity index (χ3v) is 3.04. The first-order valence-electron chi connectivity index (χ1n) is 5.94. The van der Waals surface area contributed by atoms with Crippen molar-refractivity contribution in [3.8, 4) is 5.75 Å². The van der Waals surface area contributed by atoms with Gasteiger partial charge in [0.05, 0.1) is 17.1 Å². The van der Waals surface area contributed by atoms with Gasteiger partial charge in [0.15, 0.2) is 0 Å². The summed E-state index contributed by atoms with van der Waals surface area (Å²) < 4.78 is 35.8. The van der Waals surface area contributed by atoms with Crippen LogP contribution in [0.15, 0.2) is 18.2 Å². The van der Waals surface area contributed by atoms with E-state index in [1.807, 2.05) is 18.5 Å². The minimum atomic E-state index is -2.82. The molecule has 0 aliphatic rings. The number of rotatable bonds is 5. The molecule has 2 rings (SSSR count). The molecule has 0 saturated heterocycles. The van der Waals surface area contributed by atoms with E-state index in [0.717, 1.165) is 11.3 Å². The van der Waals surface area contributed by atoms with Crippen molar-refractivity contribution in [3.05, 3.63) is 24.0 Å². The van der Waals surface area contributed by atoms with Crippen LogP contribution in [0.1, 0.15) is 12.7 Å². The Morgan fingerprint density at radius 2 is 2.11 bits per heavy atom. The number of alkyl halides is 2. The van der Waals surface area contributed by atoms with Gasteiger partial charge in [-0.05, 0) is 19.1 Å². The molecule has 1 aromatic carbocycles. The van der Waals surface area contributed by atoms with Crippen molar-refractivity contribution in [3.63, 3.8) is 0 Å². The first kappa shape index (κ1) is 13.7. The van der Waals surface area contributed by atoms with Gasteiger partial charge in [-0.3, -0.25) is 0 Å². The molecule has 0 spiro atoms. The minimum Gasteiger partial charge on any atom is -0.435 e. The number of halogens is 2. The lowest BCUT2D eigenvalue weighted by molar-refractivity contribution is -0.0497. The van der Waals surface area contributed by atoms with Crippen LogP contribution in [0.5, 0.6) is 5.75 Å². The van der Waals surface area contributed by atoms with Crippen molar-refractivity contribution in [2.24, 2.45) is 7.05 Å². The van der Waals surface area contributed by atoms with E-state index in [-0.39, 0.29) is 11.9 Å². The third-order valence-electron chi connectivity index (χ3n) is 3.04. The van der Waals surface area contributed by atoms with Crippen molar-refractivity contribution in [2.45, 2.75) is 26.1 Å². The first-order chi connectivity index (χ1) is 9.01. The Morgan fingerprint density at radius 3 is 2.74 bits per heavy atom. The molecule has 1 aromatic heterocycles. The van der Waals surface area contributed by atoms with Crippen LogP contribution in [0.4, 0.5) is 8.78 Å². The molecule has 1 atom stereocenters. The summed E-state index contributed by atoms with van der Waals surface area (Å²) in [5.41, 5.74) is 1.51. The van der Waals surface area contributed by atoms with Crippen molar-refractivity contribution in [1.29, 1.82) is 0 Å². The van der Waals surface area contributed by atoms with Crippen molar-refractivity contribution in [1.82, 2.24) is 9.55 Å². The Bertz CT molecular complexity index is 569. The highest BCUT2D eigenvalue weighted by Crippen LogP contribution is 2.23. The highest BCUT2D eigenvalue weighted by molar-refractivity contribution is 5.77. The SMILES string of the molecule is COC(C)Cc1nc2cc(OC(F)F)ccc2n1C. The molecule has 0 aliphatic heterocycles. The molecule has 0 bridgehead atoms. The minimum absolute atomic E-state index is 0.0484. The molecule has 19 heavy (non-hydrogen) atoms. The van der Waals surface area contributed by atoms with E-state index in [4.69, 9.17) is 4.74 Å². The Labute approximate surface area is 109 Å². The molecule has 0 aliphatic carbocycles. The summed E-state index contributed by atoms with van der Waals surface area (Å²) in [5.74, 6) is 0.963. The summed E-state index contributed by atoms with van der Waals surface area (Å²) in [4.78, 5) is 4.43. The zero-order valence-electron chi connectivity index (χ0n) is 11.1. The molecule has 1 heterocycles. The van der Waals surface area contributed by atoms with Crippen molar-refractivity contribution in [2.75, 3.05) is 7.11 Å². The monoisotopic (exact) mass is 270 g/mol. The highest BCUT2D eigenvalue weighted by atomic mass is 19.3. The summed E-state index contributed by atoms with van der Waals surface area (Å²) in [6.07, 6.45) is 0.708. The van der Waals surface area contributed by atoms with Gasteiger partial charge in [-0.1, -0.05) is 0 Å². The molecule has 0 N–H and O–H groups in total. The van der Waals surface area contributed by atoms with Crippen LogP contribution in [-0.2, 0) is 18.2 Å². The molecule has 104 valence electrons. The molecule has 4 nitrogen and oxygen atoms in total. The van der Waals surface area contributed by atoms with Crippen LogP contribution in [-0.4, -0.2) is 29.4 Å². The second-order valence-corrected chi connectivity index (χ2v) is 4.37. The number of hydrogen-bond donors (Lipinski definition) is 0. The van der Waals surface area contributed by atoms with E-state index in [2.05, 4.69) is 9.72 Å². The second-order valence-electron chi connectivity index (χ2n) is 4.37. The number of benzene rings is 1. The molecule has 2 aromatic rings. The quantitative estimate of drug-likeness (QED) is 0.838. The fourth-order valence-electron chi connectivity index (χ4n) is 1.93. The number of nitrogens with zero attached hydrogens (tertiary/aromatic N) is 2. The van der Waals surface area contributed by atoms with Crippen LogP contribution in [0.25, 0.3) is 11.0 Å². The number of methoxy groups -OCH3 is 1. The van der Waals surface area contributed by atoms with E-state index in [1.165, 1.54) is 12.1 Å². The predicted octanol–water partition coefficient (Wildman–Crippen LogP) is 2.75. The Kier molecular flexibility index (Phi) is 3.99. The number of ether oxygens (including phenoxy) is 2. The molecule has 6 heteroatoms. The van der Waals surface area contributed by atoms with Gasteiger partial charge in [0.2, 0.25) is 0 Å². The number of aryl methyl sites for hydroxylation is 1. The van der Waals surface area contributed by atoms with Gasteiger partial charge in [-0.2, -0.15) is 8.78 Å². The standard InChI is InChI=1S/C13H16F2N2O2/c1-8(18-3)6-12-16-10-7-9(19-13(14)15)4-5-11(10)17(12)2/h4-5,7-8,13H,6H2,1-3H3. The van der Waals surface area contributed by atoms with Gasteiger partial charge in [0.1, 0.15) is 11.6 Å². The van der Waals surface area contributed by atoms with Gasteiger partial charge in [0, 0.05) is 26.6 Å². The third kappa shape index (κ3) is 3.01. The Morgan fingerprint density at radius 1 is 1.37 bits per heavy atom. The number of imidazole rings is 1.